The predicted octanol–water partition coefficient (Wildman–Crippen LogP) is 2.05. The molecule has 0 radical (unpaired) electrons. The van der Waals surface area contributed by atoms with Crippen molar-refractivity contribution in [2.45, 2.75) is 46.0 Å². The van der Waals surface area contributed by atoms with Gasteiger partial charge >= 0.3 is 5.69 Å². The van der Waals surface area contributed by atoms with Crippen LogP contribution in [0.4, 0.5) is 0 Å². The number of para-hydroxylation sites is 2. The highest BCUT2D eigenvalue weighted by atomic mass is 16.5. The molecule has 0 unspecified atom stereocenters. The molecule has 0 saturated carbocycles. The Morgan fingerprint density at radius 3 is 2.72 bits per heavy atom. The number of aromatic hydroxyl groups is 1. The van der Waals surface area contributed by atoms with Crippen LogP contribution in [0.3, 0.4) is 0 Å². The Kier molecular flexibility index (Phi) is 8.20. The Morgan fingerprint density at radius 1 is 1.24 bits per heavy atom. The smallest absolute Gasteiger partial charge is 0.335 e. The summed E-state index contributed by atoms with van der Waals surface area (Å²) in [5.41, 5.74) is 0.684. The van der Waals surface area contributed by atoms with Gasteiger partial charge in [0.15, 0.2) is 0 Å². The van der Waals surface area contributed by atoms with E-state index in [-0.39, 0.29) is 17.2 Å². The van der Waals surface area contributed by atoms with Gasteiger partial charge in [0.2, 0.25) is 11.8 Å². The van der Waals surface area contributed by atoms with E-state index in [1.807, 2.05) is 0 Å². The van der Waals surface area contributed by atoms with E-state index in [1.54, 1.807) is 31.2 Å². The van der Waals surface area contributed by atoms with Crippen LogP contribution < -0.4 is 21.4 Å². The molecule has 156 valence electrons. The van der Waals surface area contributed by atoms with Crippen molar-refractivity contribution < 1.29 is 14.6 Å². The number of benzene rings is 1. The minimum Gasteiger partial charge on any atom is -0.493 e. The van der Waals surface area contributed by atoms with Gasteiger partial charge in [0.1, 0.15) is 11.3 Å². The number of H-pyrrole nitrogens is 1. The van der Waals surface area contributed by atoms with Gasteiger partial charge in [-0.1, -0.05) is 38.3 Å². The number of hydrazone groups is 1. The molecule has 1 aromatic heterocycles. The quantitative estimate of drug-likeness (QED) is 0.319. The number of ether oxygens (including phenoxy) is 1. The van der Waals surface area contributed by atoms with Crippen molar-refractivity contribution in [3.05, 3.63) is 50.7 Å². The third-order valence-electron chi connectivity index (χ3n) is 4.17. The molecule has 0 saturated heterocycles. The number of amides is 1. The fraction of sp³-hybridized carbons (Fsp3) is 0.400. The molecule has 1 heterocycles. The van der Waals surface area contributed by atoms with Crippen LogP contribution in [0.15, 0.2) is 39.0 Å². The Hall–Kier alpha value is -3.36. The molecule has 9 heteroatoms. The van der Waals surface area contributed by atoms with Gasteiger partial charge in [0.05, 0.1) is 18.5 Å². The fourth-order valence-electron chi connectivity index (χ4n) is 2.73. The van der Waals surface area contributed by atoms with E-state index in [4.69, 9.17) is 4.74 Å². The Bertz CT molecular complexity index is 978. The summed E-state index contributed by atoms with van der Waals surface area (Å²) in [6.45, 7) is 4.23. The van der Waals surface area contributed by atoms with E-state index in [2.05, 4.69) is 22.4 Å². The largest absolute Gasteiger partial charge is 0.493 e. The highest BCUT2D eigenvalue weighted by molar-refractivity contribution is 5.84. The van der Waals surface area contributed by atoms with Gasteiger partial charge < -0.3 is 9.84 Å². The minimum absolute atomic E-state index is 0.262. The molecule has 2 aromatic rings. The topological polar surface area (TPSA) is 126 Å². The summed E-state index contributed by atoms with van der Waals surface area (Å²) in [4.78, 5) is 38.3. The van der Waals surface area contributed by atoms with Gasteiger partial charge in [-0.15, -0.1) is 0 Å². The lowest BCUT2D eigenvalue weighted by Gasteiger charge is -2.13. The lowest BCUT2D eigenvalue weighted by atomic mass is 10.1. The summed E-state index contributed by atoms with van der Waals surface area (Å²) in [6, 6.07) is 6.60. The molecule has 0 aliphatic rings. The Labute approximate surface area is 168 Å². The SMILES string of the molecule is CCCCCCC(=O)NN=Cc1c(O)n(-c2ccccc2OCC)c(=O)[nH]c1=O. The summed E-state index contributed by atoms with van der Waals surface area (Å²) in [5, 5.41) is 14.3. The first-order valence-electron chi connectivity index (χ1n) is 9.62. The molecule has 0 spiro atoms. The van der Waals surface area contributed by atoms with E-state index in [0.29, 0.717) is 18.8 Å². The monoisotopic (exact) mass is 402 g/mol. The average Bonchev–Trinajstić information content (AvgIpc) is 2.69. The van der Waals surface area contributed by atoms with Crippen LogP contribution in [0.1, 0.15) is 51.5 Å². The molecule has 1 aromatic carbocycles. The molecular formula is C20H26N4O5. The van der Waals surface area contributed by atoms with Gasteiger partial charge in [0.25, 0.3) is 5.56 Å². The zero-order valence-corrected chi connectivity index (χ0v) is 16.6. The van der Waals surface area contributed by atoms with E-state index in [0.717, 1.165) is 36.5 Å². The molecule has 0 bridgehead atoms. The zero-order chi connectivity index (χ0) is 21.2. The fourth-order valence-corrected chi connectivity index (χ4v) is 2.73. The molecule has 0 atom stereocenters. The van der Waals surface area contributed by atoms with Gasteiger partial charge in [-0.3, -0.25) is 14.6 Å². The number of unbranched alkanes of at least 4 members (excludes halogenated alkanes) is 3. The molecule has 9 nitrogen and oxygen atoms in total. The highest BCUT2D eigenvalue weighted by Gasteiger charge is 2.17. The third kappa shape index (κ3) is 5.81. The first kappa shape index (κ1) is 21.9. The first-order valence-corrected chi connectivity index (χ1v) is 9.62. The van der Waals surface area contributed by atoms with Crippen molar-refractivity contribution in [1.82, 2.24) is 15.0 Å². The van der Waals surface area contributed by atoms with Crippen LogP contribution >= 0.6 is 0 Å². The molecule has 0 aliphatic heterocycles. The molecular weight excluding hydrogens is 376 g/mol. The van der Waals surface area contributed by atoms with Crippen molar-refractivity contribution in [2.75, 3.05) is 6.61 Å². The maximum absolute atomic E-state index is 12.3. The summed E-state index contributed by atoms with van der Waals surface area (Å²) in [6.07, 6.45) is 5.17. The minimum atomic E-state index is -0.822. The summed E-state index contributed by atoms with van der Waals surface area (Å²) in [5.74, 6) is -0.530. The van der Waals surface area contributed by atoms with E-state index < -0.39 is 17.1 Å². The lowest BCUT2D eigenvalue weighted by molar-refractivity contribution is -0.121. The van der Waals surface area contributed by atoms with Crippen LogP contribution in [0.5, 0.6) is 11.6 Å². The number of rotatable bonds is 10. The summed E-state index contributed by atoms with van der Waals surface area (Å²) >= 11 is 0. The predicted molar refractivity (Wildman–Crippen MR) is 110 cm³/mol. The number of carbonyl (C=O) groups is 1. The molecule has 1 amide bonds. The van der Waals surface area contributed by atoms with Crippen LogP contribution in [-0.2, 0) is 4.79 Å². The van der Waals surface area contributed by atoms with Crippen LogP contribution in [0, 0.1) is 0 Å². The van der Waals surface area contributed by atoms with Crippen molar-refractivity contribution in [1.29, 1.82) is 0 Å². The van der Waals surface area contributed by atoms with Gasteiger partial charge in [-0.25, -0.2) is 14.8 Å². The molecule has 0 fully saturated rings. The lowest BCUT2D eigenvalue weighted by Crippen LogP contribution is -2.32. The Balaban J connectivity index is 2.27. The first-order chi connectivity index (χ1) is 14.0. The van der Waals surface area contributed by atoms with Crippen LogP contribution in [0.25, 0.3) is 5.69 Å². The number of nitrogens with one attached hydrogen (secondary N) is 2. The molecule has 2 rings (SSSR count). The second kappa shape index (κ2) is 10.8. The highest BCUT2D eigenvalue weighted by Crippen LogP contribution is 2.25. The standard InChI is InChI=1S/C20H26N4O5/c1-3-5-6-7-12-17(25)23-21-13-14-18(26)22-20(28)24(19(14)27)15-10-8-9-11-16(15)29-4-2/h8-11,13,27H,3-7,12H2,1-2H3,(H,23,25)(H,22,26,28). The average molecular weight is 402 g/mol. The molecule has 0 aliphatic carbocycles. The van der Waals surface area contributed by atoms with E-state index in [1.165, 1.54) is 0 Å². The molecule has 29 heavy (non-hydrogen) atoms. The number of hydrogen-bond donors (Lipinski definition) is 3. The van der Waals surface area contributed by atoms with Crippen LogP contribution in [-0.4, -0.2) is 33.4 Å². The normalized spacial score (nSPS) is 11.0. The zero-order valence-electron chi connectivity index (χ0n) is 16.6. The number of aromatic nitrogens is 2. The van der Waals surface area contributed by atoms with Crippen molar-refractivity contribution >= 4 is 12.1 Å². The maximum Gasteiger partial charge on any atom is 0.335 e. The summed E-state index contributed by atoms with van der Waals surface area (Å²) < 4.78 is 6.40. The van der Waals surface area contributed by atoms with E-state index in [9.17, 15) is 19.5 Å². The second-order valence-electron chi connectivity index (χ2n) is 6.34. The summed E-state index contributed by atoms with van der Waals surface area (Å²) in [7, 11) is 0. The number of carbonyl (C=O) groups excluding carboxylic acids is 1. The number of hydrogen-bond acceptors (Lipinski definition) is 6. The maximum atomic E-state index is 12.3. The van der Waals surface area contributed by atoms with Gasteiger partial charge in [-0.05, 0) is 25.5 Å². The second-order valence-corrected chi connectivity index (χ2v) is 6.34. The van der Waals surface area contributed by atoms with Gasteiger partial charge in [-0.2, -0.15) is 5.10 Å². The van der Waals surface area contributed by atoms with E-state index >= 15 is 0 Å². The number of aromatic amines is 1. The van der Waals surface area contributed by atoms with Crippen molar-refractivity contribution in [3.63, 3.8) is 0 Å². The molecule has 3 N–H and O–H groups in total. The number of nitrogens with zero attached hydrogens (tertiary/aromatic N) is 2. The van der Waals surface area contributed by atoms with Crippen molar-refractivity contribution in [2.24, 2.45) is 5.10 Å². The van der Waals surface area contributed by atoms with Gasteiger partial charge in [0, 0.05) is 6.42 Å². The van der Waals surface area contributed by atoms with Crippen LogP contribution in [0.2, 0.25) is 0 Å². The Morgan fingerprint density at radius 2 is 2.00 bits per heavy atom. The van der Waals surface area contributed by atoms with Crippen molar-refractivity contribution in [3.8, 4) is 17.3 Å². The third-order valence-corrected chi connectivity index (χ3v) is 4.17.